The maximum atomic E-state index is 12.4. The van der Waals surface area contributed by atoms with Gasteiger partial charge in [-0.2, -0.15) is 0 Å². The second-order valence-electron chi connectivity index (χ2n) is 4.68. The van der Waals surface area contributed by atoms with E-state index in [-0.39, 0.29) is 26.0 Å². The van der Waals surface area contributed by atoms with Gasteiger partial charge >= 0.3 is 11.9 Å². The van der Waals surface area contributed by atoms with Crippen molar-refractivity contribution in [2.45, 2.75) is 6.92 Å². The number of nitrogens with one attached hydrogen (secondary N) is 1. The zero-order valence-electron chi connectivity index (χ0n) is 13.1. The number of halogens is 1. The van der Waals surface area contributed by atoms with Gasteiger partial charge in [0, 0.05) is 0 Å². The first-order chi connectivity index (χ1) is 11.4. The van der Waals surface area contributed by atoms with Gasteiger partial charge in [-0.15, -0.1) is 11.3 Å². The number of esters is 2. The second kappa shape index (κ2) is 7.46. The molecule has 0 unspecified atom stereocenters. The Kier molecular flexibility index (Phi) is 5.58. The Morgan fingerprint density at radius 3 is 2.29 bits per heavy atom. The molecule has 0 radical (unpaired) electrons. The third-order valence-corrected chi connectivity index (χ3v) is 4.77. The molecule has 1 aromatic carbocycles. The van der Waals surface area contributed by atoms with Crippen LogP contribution in [0.15, 0.2) is 24.3 Å². The molecule has 0 aliphatic heterocycles. The van der Waals surface area contributed by atoms with Gasteiger partial charge in [0.25, 0.3) is 5.91 Å². The fraction of sp³-hybridized carbons (Fsp3) is 0.188. The quantitative estimate of drug-likeness (QED) is 0.836. The minimum absolute atomic E-state index is 0.114. The number of benzene rings is 1. The van der Waals surface area contributed by atoms with Crippen LogP contribution in [0.2, 0.25) is 5.02 Å². The van der Waals surface area contributed by atoms with Gasteiger partial charge in [0.1, 0.15) is 9.88 Å². The zero-order valence-corrected chi connectivity index (χ0v) is 14.7. The van der Waals surface area contributed by atoms with E-state index in [0.717, 1.165) is 11.3 Å². The summed E-state index contributed by atoms with van der Waals surface area (Å²) in [4.78, 5) is 36.5. The van der Waals surface area contributed by atoms with E-state index < -0.39 is 17.8 Å². The van der Waals surface area contributed by atoms with Gasteiger partial charge in [-0.1, -0.05) is 23.7 Å². The van der Waals surface area contributed by atoms with Crippen molar-refractivity contribution in [3.63, 3.8) is 0 Å². The molecule has 1 aromatic heterocycles. The molecule has 0 atom stereocenters. The summed E-state index contributed by atoms with van der Waals surface area (Å²) >= 11 is 6.94. The first-order valence-corrected chi connectivity index (χ1v) is 7.96. The van der Waals surface area contributed by atoms with Crippen LogP contribution in [-0.4, -0.2) is 32.1 Å². The van der Waals surface area contributed by atoms with Crippen molar-refractivity contribution < 1.29 is 23.9 Å². The SMILES string of the molecule is COC(=O)c1sc(NC(=O)c2ccccc2Cl)c(C(=O)OC)c1C. The second-order valence-corrected chi connectivity index (χ2v) is 6.11. The van der Waals surface area contributed by atoms with Gasteiger partial charge in [0.05, 0.1) is 30.4 Å². The summed E-state index contributed by atoms with van der Waals surface area (Å²) in [6, 6.07) is 6.50. The fourth-order valence-electron chi connectivity index (χ4n) is 2.05. The minimum Gasteiger partial charge on any atom is -0.465 e. The van der Waals surface area contributed by atoms with E-state index in [1.165, 1.54) is 14.2 Å². The van der Waals surface area contributed by atoms with E-state index in [4.69, 9.17) is 21.1 Å². The standard InChI is InChI=1S/C16H14ClNO5S/c1-8-11(15(20)22-2)14(24-12(8)16(21)23-3)18-13(19)9-6-4-5-7-10(9)17/h4-7H,1-3H3,(H,18,19). The lowest BCUT2D eigenvalue weighted by Crippen LogP contribution is -2.14. The summed E-state index contributed by atoms with van der Waals surface area (Å²) in [6.07, 6.45) is 0. The van der Waals surface area contributed by atoms with Crippen molar-refractivity contribution in [2.24, 2.45) is 0 Å². The molecule has 24 heavy (non-hydrogen) atoms. The monoisotopic (exact) mass is 367 g/mol. The summed E-state index contributed by atoms with van der Waals surface area (Å²) < 4.78 is 9.43. The average Bonchev–Trinajstić information content (AvgIpc) is 2.90. The number of anilines is 1. The Morgan fingerprint density at radius 2 is 1.71 bits per heavy atom. The predicted molar refractivity (Wildman–Crippen MR) is 91.1 cm³/mol. The highest BCUT2D eigenvalue weighted by molar-refractivity contribution is 7.18. The Balaban J connectivity index is 2.46. The van der Waals surface area contributed by atoms with Crippen molar-refractivity contribution >= 4 is 45.8 Å². The molecule has 0 spiro atoms. The zero-order chi connectivity index (χ0) is 17.9. The number of methoxy groups -OCH3 is 2. The molecule has 0 saturated heterocycles. The third kappa shape index (κ3) is 3.42. The van der Waals surface area contributed by atoms with E-state index in [2.05, 4.69) is 5.32 Å². The molecule has 0 saturated carbocycles. The normalized spacial score (nSPS) is 10.2. The highest BCUT2D eigenvalue weighted by atomic mass is 35.5. The van der Waals surface area contributed by atoms with Crippen molar-refractivity contribution in [2.75, 3.05) is 19.5 Å². The fourth-order valence-corrected chi connectivity index (χ4v) is 3.38. The van der Waals surface area contributed by atoms with Crippen molar-refractivity contribution in [1.29, 1.82) is 0 Å². The highest BCUT2D eigenvalue weighted by Crippen LogP contribution is 2.34. The lowest BCUT2D eigenvalue weighted by atomic mass is 10.1. The van der Waals surface area contributed by atoms with E-state index in [1.54, 1.807) is 31.2 Å². The number of hydrogen-bond donors (Lipinski definition) is 1. The molecule has 2 rings (SSSR count). The molecule has 6 nitrogen and oxygen atoms in total. The number of carbonyl (C=O) groups excluding carboxylic acids is 3. The van der Waals surface area contributed by atoms with Crippen LogP contribution in [-0.2, 0) is 9.47 Å². The molecule has 8 heteroatoms. The molecule has 0 aliphatic carbocycles. The van der Waals surface area contributed by atoms with E-state index >= 15 is 0 Å². The van der Waals surface area contributed by atoms with Crippen molar-refractivity contribution in [3.05, 3.63) is 50.9 Å². The maximum Gasteiger partial charge on any atom is 0.348 e. The molecular weight excluding hydrogens is 354 g/mol. The van der Waals surface area contributed by atoms with Crippen LogP contribution in [0.1, 0.15) is 36.0 Å². The first kappa shape index (κ1) is 18.0. The topological polar surface area (TPSA) is 81.7 Å². The molecule has 1 heterocycles. The molecule has 0 aliphatic rings. The Labute approximate surface area is 147 Å². The van der Waals surface area contributed by atoms with Crippen LogP contribution in [0.25, 0.3) is 0 Å². The van der Waals surface area contributed by atoms with Gasteiger partial charge in [-0.05, 0) is 24.6 Å². The third-order valence-electron chi connectivity index (χ3n) is 3.25. The van der Waals surface area contributed by atoms with Crippen LogP contribution in [0.3, 0.4) is 0 Å². The predicted octanol–water partition coefficient (Wildman–Crippen LogP) is 3.54. The van der Waals surface area contributed by atoms with Gasteiger partial charge in [-0.3, -0.25) is 4.79 Å². The van der Waals surface area contributed by atoms with E-state index in [0.29, 0.717) is 5.56 Å². The number of hydrogen-bond acceptors (Lipinski definition) is 6. The number of ether oxygens (including phenoxy) is 2. The minimum atomic E-state index is -0.659. The molecule has 2 aromatic rings. The summed E-state index contributed by atoms with van der Waals surface area (Å²) in [7, 11) is 2.46. The smallest absolute Gasteiger partial charge is 0.348 e. The molecular formula is C16H14ClNO5S. The van der Waals surface area contributed by atoms with Gasteiger partial charge < -0.3 is 14.8 Å². The Hall–Kier alpha value is -2.38. The summed E-state index contributed by atoms with van der Waals surface area (Å²) in [6.45, 7) is 1.58. The number of amides is 1. The van der Waals surface area contributed by atoms with Crippen LogP contribution >= 0.6 is 22.9 Å². The van der Waals surface area contributed by atoms with Crippen LogP contribution in [0.4, 0.5) is 5.00 Å². The van der Waals surface area contributed by atoms with Crippen molar-refractivity contribution in [3.8, 4) is 0 Å². The lowest BCUT2D eigenvalue weighted by molar-refractivity contribution is 0.0601. The Morgan fingerprint density at radius 1 is 1.08 bits per heavy atom. The molecule has 126 valence electrons. The largest absolute Gasteiger partial charge is 0.465 e. The van der Waals surface area contributed by atoms with Gasteiger partial charge in [0.15, 0.2) is 0 Å². The van der Waals surface area contributed by atoms with Gasteiger partial charge in [0.2, 0.25) is 0 Å². The summed E-state index contributed by atoms with van der Waals surface area (Å²) in [5, 5.41) is 3.08. The van der Waals surface area contributed by atoms with E-state index in [9.17, 15) is 14.4 Å². The maximum absolute atomic E-state index is 12.4. The number of thiophene rings is 1. The summed E-state index contributed by atoms with van der Waals surface area (Å²) in [5.74, 6) is -1.75. The summed E-state index contributed by atoms with van der Waals surface area (Å²) in [5.41, 5.74) is 0.747. The molecule has 1 N–H and O–H groups in total. The highest BCUT2D eigenvalue weighted by Gasteiger charge is 2.27. The van der Waals surface area contributed by atoms with E-state index in [1.807, 2.05) is 0 Å². The van der Waals surface area contributed by atoms with Crippen LogP contribution in [0.5, 0.6) is 0 Å². The van der Waals surface area contributed by atoms with Crippen molar-refractivity contribution in [1.82, 2.24) is 0 Å². The average molecular weight is 368 g/mol. The first-order valence-electron chi connectivity index (χ1n) is 6.76. The number of carbonyl (C=O) groups is 3. The number of rotatable bonds is 4. The van der Waals surface area contributed by atoms with Gasteiger partial charge in [-0.25, -0.2) is 9.59 Å². The molecule has 0 fully saturated rings. The molecule has 1 amide bonds. The van der Waals surface area contributed by atoms with Crippen LogP contribution < -0.4 is 5.32 Å². The van der Waals surface area contributed by atoms with Crippen LogP contribution in [0, 0.1) is 6.92 Å². The Bertz CT molecular complexity index is 815. The molecule has 0 bridgehead atoms. The lowest BCUT2D eigenvalue weighted by Gasteiger charge is -2.07.